The van der Waals surface area contributed by atoms with Crippen LogP contribution in [0.25, 0.3) is 67.2 Å². The van der Waals surface area contributed by atoms with Gasteiger partial charge >= 0.3 is 0 Å². The number of hydrogen-bond donors (Lipinski definition) is 0. The van der Waals surface area contributed by atoms with Crippen molar-refractivity contribution >= 4 is 29.2 Å². The predicted molar refractivity (Wildman–Crippen MR) is 181 cm³/mol. The van der Waals surface area contributed by atoms with Gasteiger partial charge in [0.25, 0.3) is 0 Å². The van der Waals surface area contributed by atoms with Crippen LogP contribution in [-0.4, -0.2) is 23.0 Å². The normalized spacial score (nSPS) is 20.6. The molecule has 0 bridgehead atoms. The van der Waals surface area contributed by atoms with Crippen molar-refractivity contribution < 1.29 is 31.5 Å². The summed E-state index contributed by atoms with van der Waals surface area (Å²) in [5.41, 5.74) is -3.39. The monoisotopic (exact) mass is 590 g/mol. The first kappa shape index (κ1) is 11.1. The number of hydrogen-bond acceptors (Lipinski definition) is 3. The van der Waals surface area contributed by atoms with Gasteiger partial charge in [0.1, 0.15) is 8.07 Å². The standard InChI is InChI=1S/C39H29N3Si/c1-43(2)35-15-9-8-14-33(35)34-23-22-32(25-36(34)43)39-41-37(28-11-4-3-5-12-28)40-38(42-39)29-19-16-27(17-20-29)31-21-18-26-10-6-7-13-30(26)24-31/h3-25H,1-2H3/i3D,4D,5D,6D,7D,8D,9D,10D,11D,12D,13D,14D,15D,16D,17D,18D,19D,20D,21D,22D,23D,24D,25D. The molecule has 0 radical (unpaired) electrons. The maximum Gasteiger partial charge on any atom is 0.164 e. The molecule has 1 aromatic heterocycles. The summed E-state index contributed by atoms with van der Waals surface area (Å²) in [4.78, 5) is 13.0. The molecule has 0 fully saturated rings. The van der Waals surface area contributed by atoms with Crippen LogP contribution >= 0.6 is 0 Å². The summed E-state index contributed by atoms with van der Waals surface area (Å²) in [6.45, 7) is 3.37. The molecule has 204 valence electrons. The average molecular weight is 591 g/mol. The molecule has 43 heavy (non-hydrogen) atoms. The van der Waals surface area contributed by atoms with Gasteiger partial charge in [-0.3, -0.25) is 0 Å². The lowest BCUT2D eigenvalue weighted by Gasteiger charge is -2.19. The summed E-state index contributed by atoms with van der Waals surface area (Å²) >= 11 is 0. The van der Waals surface area contributed by atoms with E-state index < -0.39 is 197 Å². The van der Waals surface area contributed by atoms with Gasteiger partial charge in [-0.25, -0.2) is 15.0 Å². The lowest BCUT2D eigenvalue weighted by atomic mass is 10.00. The summed E-state index contributed by atoms with van der Waals surface area (Å²) in [6.07, 6.45) is 0. The molecule has 0 N–H and O–H groups in total. The molecule has 0 spiro atoms. The fourth-order valence-electron chi connectivity index (χ4n) is 4.80. The molecule has 1 aliphatic heterocycles. The van der Waals surface area contributed by atoms with Gasteiger partial charge in [-0.2, -0.15) is 0 Å². The Balaban J connectivity index is 1.48. The molecule has 7 aromatic rings. The van der Waals surface area contributed by atoms with Crippen LogP contribution in [0.2, 0.25) is 13.1 Å². The molecule has 1 aliphatic rings. The Bertz CT molecular complexity index is 3390. The predicted octanol–water partition coefficient (Wildman–Crippen LogP) is 8.50. The molecular formula is C39H29N3Si. The first-order valence-electron chi connectivity index (χ1n) is 24.3. The van der Waals surface area contributed by atoms with Crippen LogP contribution in [-0.2, 0) is 0 Å². The first-order valence-corrected chi connectivity index (χ1v) is 15.8. The van der Waals surface area contributed by atoms with Crippen LogP contribution in [0.3, 0.4) is 0 Å². The molecule has 8 rings (SSSR count). The average Bonchev–Trinajstić information content (AvgIpc) is 3.52. The van der Waals surface area contributed by atoms with Crippen LogP contribution in [0.5, 0.6) is 0 Å². The van der Waals surface area contributed by atoms with E-state index in [-0.39, 0.29) is 27.5 Å². The van der Waals surface area contributed by atoms with E-state index in [0.717, 1.165) is 0 Å². The van der Waals surface area contributed by atoms with Gasteiger partial charge in [-0.05, 0) is 49.4 Å². The van der Waals surface area contributed by atoms with Crippen molar-refractivity contribution in [2.45, 2.75) is 13.1 Å². The van der Waals surface area contributed by atoms with Gasteiger partial charge in [-0.1, -0.05) is 146 Å². The molecule has 0 saturated carbocycles. The Kier molecular flexibility index (Phi) is 2.58. The molecule has 0 saturated heterocycles. The van der Waals surface area contributed by atoms with Crippen molar-refractivity contribution in [3.05, 3.63) is 139 Å². The van der Waals surface area contributed by atoms with Gasteiger partial charge in [0.15, 0.2) is 17.5 Å². The smallest absolute Gasteiger partial charge is 0.164 e. The Labute approximate surface area is 284 Å². The second-order valence-electron chi connectivity index (χ2n) is 9.93. The van der Waals surface area contributed by atoms with Crippen LogP contribution in [0.1, 0.15) is 31.5 Å². The van der Waals surface area contributed by atoms with E-state index in [0.29, 0.717) is 0 Å². The summed E-state index contributed by atoms with van der Waals surface area (Å²) < 4.78 is 201. The lowest BCUT2D eigenvalue weighted by molar-refractivity contribution is 1.07. The lowest BCUT2D eigenvalue weighted by Crippen LogP contribution is -2.49. The third-order valence-corrected chi connectivity index (χ3v) is 10.2. The second-order valence-corrected chi connectivity index (χ2v) is 14.2. The highest BCUT2D eigenvalue weighted by Gasteiger charge is 2.37. The highest BCUT2D eigenvalue weighted by atomic mass is 28.3. The molecule has 6 aromatic carbocycles. The number of benzene rings is 6. The minimum Gasteiger partial charge on any atom is -0.208 e. The summed E-state index contributed by atoms with van der Waals surface area (Å²) in [5.74, 6) is -2.15. The van der Waals surface area contributed by atoms with E-state index in [2.05, 4.69) is 15.0 Å². The van der Waals surface area contributed by atoms with Crippen molar-refractivity contribution in [2.75, 3.05) is 0 Å². The maximum absolute atomic E-state index is 9.58. The Hall–Kier alpha value is -5.19. The number of aromatic nitrogens is 3. The molecule has 0 amide bonds. The third kappa shape index (κ3) is 4.39. The Morgan fingerprint density at radius 2 is 0.953 bits per heavy atom. The van der Waals surface area contributed by atoms with Crippen LogP contribution in [0.4, 0.5) is 0 Å². The SMILES string of the molecule is [2H]c1c([2H])c([2H])c(-c2nc(-c3c([2H])c([2H])c(-c4c([2H])c([2H])c5c([2H])c([2H])c([2H])c([2H])c5c4[2H])c([2H])c3[2H])nc(-c3c([2H])c([2H])c4c(c3[2H])[Si](C)(C)c3c([2H])c([2H])c([2H])c([2H])c3-4)n2)c([2H])c1[2H]. The van der Waals surface area contributed by atoms with Crippen molar-refractivity contribution in [3.8, 4) is 56.4 Å². The van der Waals surface area contributed by atoms with Gasteiger partial charge in [0.2, 0.25) is 0 Å². The molecule has 0 atom stereocenters. The van der Waals surface area contributed by atoms with E-state index in [1.807, 2.05) is 0 Å². The van der Waals surface area contributed by atoms with E-state index in [4.69, 9.17) is 24.7 Å². The Morgan fingerprint density at radius 3 is 1.72 bits per heavy atom. The summed E-state index contributed by atoms with van der Waals surface area (Å²) in [6, 6.07) is -17.1. The van der Waals surface area contributed by atoms with E-state index >= 15 is 0 Å². The Morgan fingerprint density at radius 1 is 0.419 bits per heavy atom. The van der Waals surface area contributed by atoms with E-state index in [9.17, 15) is 6.85 Å². The minimum absolute atomic E-state index is 0.0397. The third-order valence-electron chi connectivity index (χ3n) is 6.93. The topological polar surface area (TPSA) is 38.7 Å². The van der Waals surface area contributed by atoms with Gasteiger partial charge in [-0.15, -0.1) is 0 Å². The molecule has 3 nitrogen and oxygen atoms in total. The number of nitrogens with zero attached hydrogens (tertiary/aromatic N) is 3. The zero-order chi connectivity index (χ0) is 49.0. The zero-order valence-electron chi connectivity index (χ0n) is 45.3. The van der Waals surface area contributed by atoms with Gasteiger partial charge in [0, 0.05) is 16.7 Å². The minimum atomic E-state index is -3.38. The van der Waals surface area contributed by atoms with Gasteiger partial charge in [0.05, 0.1) is 31.5 Å². The quantitative estimate of drug-likeness (QED) is 0.193. The molecule has 4 heteroatoms. The summed E-state index contributed by atoms with van der Waals surface area (Å²) in [5, 5.41) is -0.715. The maximum atomic E-state index is 9.58. The van der Waals surface area contributed by atoms with E-state index in [1.165, 1.54) is 0 Å². The van der Waals surface area contributed by atoms with E-state index in [1.54, 1.807) is 13.1 Å². The molecule has 0 unspecified atom stereocenters. The van der Waals surface area contributed by atoms with Crippen LogP contribution < -0.4 is 10.4 Å². The number of fused-ring (bicyclic) bond motifs is 4. The van der Waals surface area contributed by atoms with Crippen LogP contribution in [0, 0.1) is 0 Å². The molecule has 2 heterocycles. The van der Waals surface area contributed by atoms with Gasteiger partial charge < -0.3 is 0 Å². The van der Waals surface area contributed by atoms with Crippen molar-refractivity contribution in [2.24, 2.45) is 0 Å². The highest BCUT2D eigenvalue weighted by molar-refractivity contribution is 7.03. The fraction of sp³-hybridized carbons (Fsp3) is 0.0513. The summed E-state index contributed by atoms with van der Waals surface area (Å²) in [7, 11) is -3.38. The first-order chi connectivity index (χ1) is 30.6. The molecule has 0 aliphatic carbocycles. The zero-order valence-corrected chi connectivity index (χ0v) is 23.3. The van der Waals surface area contributed by atoms with Crippen molar-refractivity contribution in [3.63, 3.8) is 0 Å². The van der Waals surface area contributed by atoms with Crippen LogP contribution in [0.15, 0.2) is 139 Å². The highest BCUT2D eigenvalue weighted by Crippen LogP contribution is 2.32. The number of rotatable bonds is 4. The fourth-order valence-corrected chi connectivity index (χ4v) is 7.48. The molecular weight excluding hydrogens is 539 g/mol. The van der Waals surface area contributed by atoms with Crippen molar-refractivity contribution in [1.29, 1.82) is 0 Å². The second kappa shape index (κ2) is 9.97. The van der Waals surface area contributed by atoms with Crippen molar-refractivity contribution in [1.82, 2.24) is 15.0 Å². The largest absolute Gasteiger partial charge is 0.208 e.